The zero-order valence-corrected chi connectivity index (χ0v) is 11.8. The van der Waals surface area contributed by atoms with Crippen molar-refractivity contribution in [2.75, 3.05) is 6.61 Å². The molecule has 0 spiro atoms. The zero-order chi connectivity index (χ0) is 13.5. The van der Waals surface area contributed by atoms with Gasteiger partial charge in [-0.2, -0.15) is 0 Å². The monoisotopic (exact) mass is 266 g/mol. The third-order valence-corrected chi connectivity index (χ3v) is 3.26. The molecule has 1 rings (SSSR count). The fraction of sp³-hybridized carbons (Fsp3) is 0.429. The van der Waals surface area contributed by atoms with Gasteiger partial charge in [0.25, 0.3) is 0 Å². The maximum Gasteiger partial charge on any atom is 0.338 e. The van der Waals surface area contributed by atoms with E-state index in [1.807, 2.05) is 19.1 Å². The molecule has 0 amide bonds. The minimum atomic E-state index is -0.296. The summed E-state index contributed by atoms with van der Waals surface area (Å²) in [4.78, 5) is 22.4. The van der Waals surface area contributed by atoms with Gasteiger partial charge in [-0.05, 0) is 31.0 Å². The molecule has 1 aromatic rings. The summed E-state index contributed by atoms with van der Waals surface area (Å²) in [6, 6.07) is 7.34. The Morgan fingerprint density at radius 2 is 1.89 bits per heavy atom. The lowest BCUT2D eigenvalue weighted by Gasteiger charge is -2.09. The Balaban J connectivity index is 2.60. The fourth-order valence-corrected chi connectivity index (χ4v) is 2.49. The van der Waals surface area contributed by atoms with Gasteiger partial charge in [0.2, 0.25) is 0 Å². The maximum absolute atomic E-state index is 11.5. The van der Waals surface area contributed by atoms with Gasteiger partial charge in [0.1, 0.15) is 0 Å². The van der Waals surface area contributed by atoms with Crippen molar-refractivity contribution in [1.29, 1.82) is 0 Å². The number of carbonyl (C=O) groups excluding carboxylic acids is 2. The van der Waals surface area contributed by atoms with E-state index in [4.69, 9.17) is 4.74 Å². The van der Waals surface area contributed by atoms with E-state index >= 15 is 0 Å². The first-order valence-corrected chi connectivity index (χ1v) is 6.84. The van der Waals surface area contributed by atoms with Gasteiger partial charge < -0.3 is 4.74 Å². The summed E-state index contributed by atoms with van der Waals surface area (Å²) in [6.07, 6.45) is 0.813. The number of thioether (sulfide) groups is 1. The number of hydrogen-bond acceptors (Lipinski definition) is 4. The SMILES string of the molecule is CCOC(=O)c1ccc(CC(C)SC(C)=O)cc1. The number of benzene rings is 1. The first kappa shape index (κ1) is 14.8. The molecule has 0 saturated heterocycles. The van der Waals surface area contributed by atoms with Gasteiger partial charge >= 0.3 is 5.97 Å². The second-order valence-corrected chi connectivity index (χ2v) is 5.66. The Hall–Kier alpha value is -1.29. The molecule has 0 aliphatic carbocycles. The average molecular weight is 266 g/mol. The number of carbonyl (C=O) groups is 2. The number of esters is 1. The number of ether oxygens (including phenoxy) is 1. The summed E-state index contributed by atoms with van der Waals surface area (Å²) in [5, 5.41) is 0.376. The minimum absolute atomic E-state index is 0.130. The molecule has 0 heterocycles. The van der Waals surface area contributed by atoms with Crippen LogP contribution in [0.5, 0.6) is 0 Å². The lowest BCUT2D eigenvalue weighted by atomic mass is 10.1. The van der Waals surface area contributed by atoms with Gasteiger partial charge in [0.05, 0.1) is 12.2 Å². The standard InChI is InChI=1S/C14H18O3S/c1-4-17-14(16)13-7-5-12(6-8-13)9-10(2)18-11(3)15/h5-8,10H,4,9H2,1-3H3. The van der Waals surface area contributed by atoms with Crippen LogP contribution in [0, 0.1) is 0 Å². The second-order valence-electron chi connectivity index (χ2n) is 4.04. The summed E-state index contributed by atoms with van der Waals surface area (Å²) < 4.78 is 4.91. The highest BCUT2D eigenvalue weighted by Crippen LogP contribution is 2.17. The molecule has 0 aliphatic heterocycles. The van der Waals surface area contributed by atoms with E-state index in [0.717, 1.165) is 12.0 Å². The van der Waals surface area contributed by atoms with E-state index < -0.39 is 0 Å². The van der Waals surface area contributed by atoms with Crippen LogP contribution in [0.15, 0.2) is 24.3 Å². The number of rotatable bonds is 5. The van der Waals surface area contributed by atoms with E-state index in [2.05, 4.69) is 0 Å². The summed E-state index contributed by atoms with van der Waals surface area (Å²) in [5.74, 6) is -0.296. The van der Waals surface area contributed by atoms with Crippen LogP contribution in [0.25, 0.3) is 0 Å². The van der Waals surface area contributed by atoms with Crippen LogP contribution in [-0.2, 0) is 16.0 Å². The van der Waals surface area contributed by atoms with Crippen molar-refractivity contribution in [2.24, 2.45) is 0 Å². The minimum Gasteiger partial charge on any atom is -0.462 e. The van der Waals surface area contributed by atoms with Crippen molar-refractivity contribution in [3.8, 4) is 0 Å². The van der Waals surface area contributed by atoms with Crippen molar-refractivity contribution in [3.05, 3.63) is 35.4 Å². The molecule has 0 fully saturated rings. The Kier molecular flexibility index (Phi) is 5.92. The van der Waals surface area contributed by atoms with Crippen molar-refractivity contribution < 1.29 is 14.3 Å². The van der Waals surface area contributed by atoms with Crippen molar-refractivity contribution >= 4 is 22.8 Å². The first-order chi connectivity index (χ1) is 8.52. The zero-order valence-electron chi connectivity index (χ0n) is 10.9. The Bertz CT molecular complexity index is 412. The van der Waals surface area contributed by atoms with Crippen LogP contribution in [-0.4, -0.2) is 22.9 Å². The van der Waals surface area contributed by atoms with Crippen molar-refractivity contribution in [2.45, 2.75) is 32.4 Å². The second kappa shape index (κ2) is 7.21. The molecule has 0 aliphatic rings. The third kappa shape index (κ3) is 4.92. The number of hydrogen-bond donors (Lipinski definition) is 0. The molecule has 4 heteroatoms. The van der Waals surface area contributed by atoms with E-state index in [-0.39, 0.29) is 16.3 Å². The normalized spacial score (nSPS) is 11.9. The maximum atomic E-state index is 11.5. The Morgan fingerprint density at radius 1 is 1.28 bits per heavy atom. The fourth-order valence-electron chi connectivity index (χ4n) is 1.65. The summed E-state index contributed by atoms with van der Waals surface area (Å²) in [7, 11) is 0. The molecule has 0 bridgehead atoms. The topological polar surface area (TPSA) is 43.4 Å². The van der Waals surface area contributed by atoms with Gasteiger partial charge in [0.15, 0.2) is 5.12 Å². The summed E-state index contributed by atoms with van der Waals surface area (Å²) >= 11 is 1.34. The summed E-state index contributed by atoms with van der Waals surface area (Å²) in [5.41, 5.74) is 1.68. The highest BCUT2D eigenvalue weighted by molar-refractivity contribution is 8.14. The van der Waals surface area contributed by atoms with Crippen LogP contribution in [0.4, 0.5) is 0 Å². The van der Waals surface area contributed by atoms with Crippen molar-refractivity contribution in [3.63, 3.8) is 0 Å². The molecule has 1 unspecified atom stereocenters. The van der Waals surface area contributed by atoms with E-state index in [1.54, 1.807) is 26.0 Å². The highest BCUT2D eigenvalue weighted by atomic mass is 32.2. The van der Waals surface area contributed by atoms with E-state index in [9.17, 15) is 9.59 Å². The molecule has 1 atom stereocenters. The quantitative estimate of drug-likeness (QED) is 0.768. The Labute approximate surface area is 112 Å². The van der Waals surface area contributed by atoms with Gasteiger partial charge in [0, 0.05) is 12.2 Å². The molecule has 0 radical (unpaired) electrons. The molecule has 0 saturated carbocycles. The third-order valence-electron chi connectivity index (χ3n) is 2.36. The molecule has 18 heavy (non-hydrogen) atoms. The van der Waals surface area contributed by atoms with Gasteiger partial charge in [-0.3, -0.25) is 4.79 Å². The lowest BCUT2D eigenvalue weighted by Crippen LogP contribution is -2.06. The first-order valence-electron chi connectivity index (χ1n) is 5.96. The summed E-state index contributed by atoms with van der Waals surface area (Å²) in [6.45, 7) is 5.76. The van der Waals surface area contributed by atoms with Crippen LogP contribution < -0.4 is 0 Å². The predicted molar refractivity (Wildman–Crippen MR) is 73.8 cm³/mol. The Morgan fingerprint density at radius 3 is 2.39 bits per heavy atom. The van der Waals surface area contributed by atoms with Gasteiger partial charge in [-0.25, -0.2) is 4.79 Å². The molecule has 1 aromatic carbocycles. The van der Waals surface area contributed by atoms with Crippen LogP contribution >= 0.6 is 11.8 Å². The largest absolute Gasteiger partial charge is 0.462 e. The van der Waals surface area contributed by atoms with Crippen LogP contribution in [0.3, 0.4) is 0 Å². The molecular weight excluding hydrogens is 248 g/mol. The van der Waals surface area contributed by atoms with Crippen molar-refractivity contribution in [1.82, 2.24) is 0 Å². The smallest absolute Gasteiger partial charge is 0.338 e. The molecule has 0 N–H and O–H groups in total. The highest BCUT2D eigenvalue weighted by Gasteiger charge is 2.09. The van der Waals surface area contributed by atoms with E-state index in [0.29, 0.717) is 12.2 Å². The molecule has 3 nitrogen and oxygen atoms in total. The van der Waals surface area contributed by atoms with Crippen LogP contribution in [0.2, 0.25) is 0 Å². The predicted octanol–water partition coefficient (Wildman–Crippen LogP) is 3.07. The van der Waals surface area contributed by atoms with E-state index in [1.165, 1.54) is 11.8 Å². The van der Waals surface area contributed by atoms with Gasteiger partial charge in [-0.1, -0.05) is 30.8 Å². The lowest BCUT2D eigenvalue weighted by molar-refractivity contribution is -0.109. The molecular formula is C14H18O3S. The average Bonchev–Trinajstić information content (AvgIpc) is 2.29. The van der Waals surface area contributed by atoms with Crippen LogP contribution in [0.1, 0.15) is 36.7 Å². The van der Waals surface area contributed by atoms with Gasteiger partial charge in [-0.15, -0.1) is 0 Å². The molecule has 0 aromatic heterocycles. The molecule has 98 valence electrons.